The lowest BCUT2D eigenvalue weighted by Crippen LogP contribution is -2.36. The van der Waals surface area contributed by atoms with E-state index in [0.717, 1.165) is 28.6 Å². The van der Waals surface area contributed by atoms with Crippen molar-refractivity contribution in [2.24, 2.45) is 0 Å². The molecule has 188 valence electrons. The molecule has 36 heavy (non-hydrogen) atoms. The minimum Gasteiger partial charge on any atom is -0.385 e. The van der Waals surface area contributed by atoms with Gasteiger partial charge >= 0.3 is 12.2 Å². The van der Waals surface area contributed by atoms with Gasteiger partial charge < -0.3 is 19.5 Å². The number of methoxy groups -OCH3 is 1. The molecule has 0 aliphatic carbocycles. The van der Waals surface area contributed by atoms with Crippen LogP contribution >= 0.6 is 0 Å². The molecular formula is C28H28F3N3O2. The summed E-state index contributed by atoms with van der Waals surface area (Å²) in [5.41, 5.74) is 1.39. The molecule has 1 aromatic heterocycles. The van der Waals surface area contributed by atoms with Gasteiger partial charge in [0.2, 0.25) is 0 Å². The van der Waals surface area contributed by atoms with Crippen molar-refractivity contribution in [3.63, 3.8) is 0 Å². The van der Waals surface area contributed by atoms with Crippen LogP contribution in [-0.2, 0) is 24.0 Å². The number of carbonyl (C=O) groups excluding carboxylic acids is 1. The first-order valence-electron chi connectivity index (χ1n) is 11.7. The van der Waals surface area contributed by atoms with Crippen LogP contribution in [0.5, 0.6) is 0 Å². The molecule has 0 spiro atoms. The molecule has 0 bridgehead atoms. The molecule has 0 radical (unpaired) electrons. The van der Waals surface area contributed by atoms with E-state index < -0.39 is 11.7 Å². The molecule has 0 fully saturated rings. The lowest BCUT2D eigenvalue weighted by molar-refractivity contribution is -0.137. The van der Waals surface area contributed by atoms with Crippen LogP contribution in [0.25, 0.3) is 10.8 Å². The van der Waals surface area contributed by atoms with Gasteiger partial charge in [-0.1, -0.05) is 48.5 Å². The highest BCUT2D eigenvalue weighted by Crippen LogP contribution is 2.30. The van der Waals surface area contributed by atoms with Crippen molar-refractivity contribution in [3.05, 3.63) is 102 Å². The normalized spacial score (nSPS) is 11.6. The van der Waals surface area contributed by atoms with Gasteiger partial charge in [0, 0.05) is 44.1 Å². The summed E-state index contributed by atoms with van der Waals surface area (Å²) >= 11 is 0. The maximum absolute atomic E-state index is 13.3. The zero-order chi connectivity index (χ0) is 25.5. The standard InChI is InChI=1S/C28H28F3N3O2/c1-36-17-7-16-34(27(35)32-26-14-5-10-22-9-2-3-13-25(22)26)20-24-12-6-15-33(24)19-21-8-4-11-23(18-21)28(29,30)31/h2-6,8-15,18H,7,16-17,19-20H2,1H3,(H,32,35). The number of aromatic nitrogens is 1. The molecule has 0 atom stereocenters. The highest BCUT2D eigenvalue weighted by molar-refractivity contribution is 6.01. The Morgan fingerprint density at radius 1 is 1.00 bits per heavy atom. The fraction of sp³-hybridized carbons (Fsp3) is 0.250. The summed E-state index contributed by atoms with van der Waals surface area (Å²) in [5.74, 6) is 0. The monoisotopic (exact) mass is 495 g/mol. The summed E-state index contributed by atoms with van der Waals surface area (Å²) < 4.78 is 46.5. The summed E-state index contributed by atoms with van der Waals surface area (Å²) in [6, 6.07) is 22.3. The molecule has 4 rings (SSSR count). The number of hydrogen-bond donors (Lipinski definition) is 1. The average Bonchev–Trinajstić information content (AvgIpc) is 3.29. The van der Waals surface area contributed by atoms with Gasteiger partial charge in [-0.15, -0.1) is 0 Å². The molecule has 2 amide bonds. The second kappa shape index (κ2) is 11.3. The minimum absolute atomic E-state index is 0.255. The Bertz CT molecular complexity index is 1310. The summed E-state index contributed by atoms with van der Waals surface area (Å²) in [6.07, 6.45) is -1.94. The Hall–Kier alpha value is -3.78. The van der Waals surface area contributed by atoms with Crippen LogP contribution < -0.4 is 5.32 Å². The number of rotatable bonds is 9. The maximum Gasteiger partial charge on any atom is 0.416 e. The van der Waals surface area contributed by atoms with Crippen LogP contribution in [0.1, 0.15) is 23.2 Å². The molecule has 0 saturated carbocycles. The van der Waals surface area contributed by atoms with Crippen molar-refractivity contribution in [1.29, 1.82) is 0 Å². The van der Waals surface area contributed by atoms with E-state index in [1.54, 1.807) is 18.1 Å². The third-order valence-electron chi connectivity index (χ3n) is 5.98. The van der Waals surface area contributed by atoms with Crippen molar-refractivity contribution in [1.82, 2.24) is 9.47 Å². The first-order chi connectivity index (χ1) is 17.3. The molecule has 0 aliphatic rings. The molecule has 0 aliphatic heterocycles. The van der Waals surface area contributed by atoms with Gasteiger partial charge in [0.15, 0.2) is 0 Å². The third-order valence-corrected chi connectivity index (χ3v) is 5.98. The number of ether oxygens (including phenoxy) is 1. The fourth-order valence-corrected chi connectivity index (χ4v) is 4.17. The van der Waals surface area contributed by atoms with Crippen molar-refractivity contribution < 1.29 is 22.7 Å². The lowest BCUT2D eigenvalue weighted by atomic mass is 10.1. The number of fused-ring (bicyclic) bond motifs is 1. The Labute approximate surface area is 208 Å². The second-order valence-corrected chi connectivity index (χ2v) is 8.55. The van der Waals surface area contributed by atoms with Gasteiger partial charge in [-0.3, -0.25) is 0 Å². The topological polar surface area (TPSA) is 46.5 Å². The highest BCUT2D eigenvalue weighted by Gasteiger charge is 2.30. The van der Waals surface area contributed by atoms with Crippen LogP contribution in [0.15, 0.2) is 85.1 Å². The number of hydrogen-bond acceptors (Lipinski definition) is 2. The van der Waals surface area contributed by atoms with E-state index in [-0.39, 0.29) is 12.6 Å². The Kier molecular flexibility index (Phi) is 7.95. The van der Waals surface area contributed by atoms with Crippen LogP contribution in [0, 0.1) is 0 Å². The number of amides is 2. The van der Waals surface area contributed by atoms with Crippen LogP contribution in [-0.4, -0.2) is 35.8 Å². The Morgan fingerprint density at radius 2 is 1.78 bits per heavy atom. The van der Waals surface area contributed by atoms with E-state index in [1.807, 2.05) is 65.4 Å². The number of halogens is 3. The van der Waals surface area contributed by atoms with E-state index in [4.69, 9.17) is 4.74 Å². The number of benzene rings is 3. The van der Waals surface area contributed by atoms with Gasteiger partial charge in [0.05, 0.1) is 17.8 Å². The van der Waals surface area contributed by atoms with Gasteiger partial charge in [0.25, 0.3) is 0 Å². The van der Waals surface area contributed by atoms with E-state index in [2.05, 4.69) is 5.32 Å². The number of carbonyl (C=O) groups is 1. The quantitative estimate of drug-likeness (QED) is 0.260. The van der Waals surface area contributed by atoms with Crippen LogP contribution in [0.4, 0.5) is 23.7 Å². The number of nitrogens with one attached hydrogen (secondary N) is 1. The summed E-state index contributed by atoms with van der Waals surface area (Å²) in [4.78, 5) is 15.0. The lowest BCUT2D eigenvalue weighted by Gasteiger charge is -2.24. The van der Waals surface area contributed by atoms with Crippen molar-refractivity contribution in [3.8, 4) is 0 Å². The molecule has 8 heteroatoms. The molecule has 3 aromatic carbocycles. The zero-order valence-corrected chi connectivity index (χ0v) is 20.0. The van der Waals surface area contributed by atoms with E-state index in [9.17, 15) is 18.0 Å². The predicted octanol–water partition coefficient (Wildman–Crippen LogP) is 6.78. The Morgan fingerprint density at radius 3 is 2.58 bits per heavy atom. The van der Waals surface area contributed by atoms with E-state index in [0.29, 0.717) is 37.4 Å². The molecule has 0 saturated heterocycles. The smallest absolute Gasteiger partial charge is 0.385 e. The van der Waals surface area contributed by atoms with Crippen molar-refractivity contribution in [2.75, 3.05) is 25.6 Å². The average molecular weight is 496 g/mol. The van der Waals surface area contributed by atoms with Crippen LogP contribution in [0.2, 0.25) is 0 Å². The van der Waals surface area contributed by atoms with Crippen LogP contribution in [0.3, 0.4) is 0 Å². The molecular weight excluding hydrogens is 467 g/mol. The highest BCUT2D eigenvalue weighted by atomic mass is 19.4. The molecule has 1 N–H and O–H groups in total. The first kappa shape index (κ1) is 25.3. The Balaban J connectivity index is 1.53. The van der Waals surface area contributed by atoms with Gasteiger partial charge in [-0.2, -0.15) is 13.2 Å². The first-order valence-corrected chi connectivity index (χ1v) is 11.7. The predicted molar refractivity (Wildman–Crippen MR) is 135 cm³/mol. The van der Waals surface area contributed by atoms with Gasteiger partial charge in [-0.05, 0) is 47.7 Å². The molecule has 5 nitrogen and oxygen atoms in total. The number of nitrogens with zero attached hydrogens (tertiary/aromatic N) is 2. The largest absolute Gasteiger partial charge is 0.416 e. The SMILES string of the molecule is COCCCN(Cc1cccn1Cc1cccc(C(F)(F)F)c1)C(=O)Nc1cccc2ccccc12. The molecule has 0 unspecified atom stereocenters. The van der Waals surface area contributed by atoms with Gasteiger partial charge in [0.1, 0.15) is 0 Å². The van der Waals surface area contributed by atoms with E-state index in [1.165, 1.54) is 6.07 Å². The third kappa shape index (κ3) is 6.26. The number of alkyl halides is 3. The summed E-state index contributed by atoms with van der Waals surface area (Å²) in [6.45, 7) is 1.53. The molecule has 1 heterocycles. The summed E-state index contributed by atoms with van der Waals surface area (Å²) in [5, 5.41) is 5.00. The number of urea groups is 1. The number of anilines is 1. The van der Waals surface area contributed by atoms with Gasteiger partial charge in [-0.25, -0.2) is 4.79 Å². The zero-order valence-electron chi connectivity index (χ0n) is 20.0. The van der Waals surface area contributed by atoms with Crippen molar-refractivity contribution in [2.45, 2.75) is 25.7 Å². The molecule has 4 aromatic rings. The fourth-order valence-electron chi connectivity index (χ4n) is 4.17. The maximum atomic E-state index is 13.3. The van der Waals surface area contributed by atoms with Crippen molar-refractivity contribution >= 4 is 22.5 Å². The van der Waals surface area contributed by atoms with E-state index >= 15 is 0 Å². The summed E-state index contributed by atoms with van der Waals surface area (Å²) in [7, 11) is 1.61. The second-order valence-electron chi connectivity index (χ2n) is 8.55. The minimum atomic E-state index is -4.40.